The van der Waals surface area contributed by atoms with Gasteiger partial charge in [-0.3, -0.25) is 9.69 Å². The number of nitrogens with zero attached hydrogens (tertiary/aromatic N) is 3. The van der Waals surface area contributed by atoms with E-state index in [1.165, 1.54) is 29.1 Å². The molecule has 0 unspecified atom stereocenters. The average Bonchev–Trinajstić information content (AvgIpc) is 2.72. The van der Waals surface area contributed by atoms with E-state index in [-0.39, 0.29) is 12.3 Å². The van der Waals surface area contributed by atoms with Gasteiger partial charge in [-0.25, -0.2) is 4.98 Å². The van der Waals surface area contributed by atoms with Gasteiger partial charge in [-0.05, 0) is 38.8 Å². The first-order valence-electron chi connectivity index (χ1n) is 6.94. The Bertz CT molecular complexity index is 512. The van der Waals surface area contributed by atoms with E-state index in [0.29, 0.717) is 5.13 Å². The summed E-state index contributed by atoms with van der Waals surface area (Å²) in [5.41, 5.74) is 0.973. The SMILES string of the molecule is Cc1nc(NC(=O)CC#N)sc1CN1CCC(C)CC1. The average molecular weight is 292 g/mol. The molecule has 0 saturated carbocycles. The number of amides is 1. The fourth-order valence-corrected chi connectivity index (χ4v) is 3.31. The van der Waals surface area contributed by atoms with Crippen LogP contribution in [0.25, 0.3) is 0 Å². The Morgan fingerprint density at radius 3 is 2.90 bits per heavy atom. The van der Waals surface area contributed by atoms with E-state index in [4.69, 9.17) is 5.26 Å². The van der Waals surface area contributed by atoms with Gasteiger partial charge in [-0.15, -0.1) is 11.3 Å². The van der Waals surface area contributed by atoms with Crippen molar-refractivity contribution in [2.45, 2.75) is 39.7 Å². The first-order chi connectivity index (χ1) is 9.58. The second-order valence-corrected chi connectivity index (χ2v) is 6.45. The van der Waals surface area contributed by atoms with Crippen LogP contribution in [-0.4, -0.2) is 28.9 Å². The molecule has 0 spiro atoms. The van der Waals surface area contributed by atoms with Crippen molar-refractivity contribution in [1.29, 1.82) is 5.26 Å². The minimum Gasteiger partial charge on any atom is -0.301 e. The summed E-state index contributed by atoms with van der Waals surface area (Å²) < 4.78 is 0. The van der Waals surface area contributed by atoms with Gasteiger partial charge in [0.1, 0.15) is 6.42 Å². The molecule has 1 saturated heterocycles. The third-order valence-corrected chi connectivity index (χ3v) is 4.68. The number of likely N-dealkylation sites (tertiary alicyclic amines) is 1. The molecule has 2 rings (SSSR count). The molecule has 1 N–H and O–H groups in total. The van der Waals surface area contributed by atoms with Gasteiger partial charge >= 0.3 is 0 Å². The second-order valence-electron chi connectivity index (χ2n) is 5.37. The van der Waals surface area contributed by atoms with Crippen LogP contribution >= 0.6 is 11.3 Å². The highest BCUT2D eigenvalue weighted by molar-refractivity contribution is 7.15. The van der Waals surface area contributed by atoms with Gasteiger partial charge in [0.05, 0.1) is 11.8 Å². The van der Waals surface area contributed by atoms with Crippen molar-refractivity contribution in [3.8, 4) is 6.07 Å². The number of nitriles is 1. The van der Waals surface area contributed by atoms with Crippen molar-refractivity contribution in [1.82, 2.24) is 9.88 Å². The molecule has 0 bridgehead atoms. The van der Waals surface area contributed by atoms with E-state index in [9.17, 15) is 4.79 Å². The molecule has 0 atom stereocenters. The van der Waals surface area contributed by atoms with E-state index in [1.807, 2.05) is 13.0 Å². The van der Waals surface area contributed by atoms with E-state index < -0.39 is 0 Å². The van der Waals surface area contributed by atoms with Crippen molar-refractivity contribution < 1.29 is 4.79 Å². The highest BCUT2D eigenvalue weighted by Crippen LogP contribution is 2.26. The monoisotopic (exact) mass is 292 g/mol. The molecule has 1 amide bonds. The molecule has 1 aromatic rings. The Morgan fingerprint density at radius 1 is 1.55 bits per heavy atom. The summed E-state index contributed by atoms with van der Waals surface area (Å²) in [5, 5.41) is 11.8. The molecule has 108 valence electrons. The number of hydrogen-bond acceptors (Lipinski definition) is 5. The normalized spacial score (nSPS) is 16.9. The summed E-state index contributed by atoms with van der Waals surface area (Å²) in [7, 11) is 0. The molecule has 5 nitrogen and oxygen atoms in total. The minimum absolute atomic E-state index is 0.127. The molecule has 1 aliphatic heterocycles. The molecule has 0 aliphatic carbocycles. The molecule has 6 heteroatoms. The molecule has 2 heterocycles. The Morgan fingerprint density at radius 2 is 2.25 bits per heavy atom. The minimum atomic E-state index is -0.292. The van der Waals surface area contributed by atoms with Crippen LogP contribution in [0, 0.1) is 24.2 Å². The number of nitrogens with one attached hydrogen (secondary N) is 1. The van der Waals surface area contributed by atoms with E-state index in [1.54, 1.807) is 0 Å². The first kappa shape index (κ1) is 14.9. The molecule has 1 aliphatic rings. The molecule has 0 aromatic carbocycles. The van der Waals surface area contributed by atoms with Crippen molar-refractivity contribution in [3.05, 3.63) is 10.6 Å². The summed E-state index contributed by atoms with van der Waals surface area (Å²) in [6, 6.07) is 1.84. The number of thiazole rings is 1. The number of rotatable bonds is 4. The van der Waals surface area contributed by atoms with Crippen LogP contribution in [0.2, 0.25) is 0 Å². The van der Waals surface area contributed by atoms with Gasteiger partial charge in [0.25, 0.3) is 0 Å². The predicted octanol–water partition coefficient (Wildman–Crippen LogP) is 2.54. The van der Waals surface area contributed by atoms with Gasteiger partial charge in [0.15, 0.2) is 5.13 Å². The largest absolute Gasteiger partial charge is 0.301 e. The standard InChI is InChI=1S/C14H20N4OS/c1-10-4-7-18(8-5-10)9-12-11(2)16-14(20-12)17-13(19)3-6-15/h10H,3-5,7-9H2,1-2H3,(H,16,17,19). The van der Waals surface area contributed by atoms with Crippen molar-refractivity contribution in [2.75, 3.05) is 18.4 Å². The molecule has 1 fully saturated rings. The summed E-state index contributed by atoms with van der Waals surface area (Å²) in [5.74, 6) is 0.536. The number of aryl methyl sites for hydroxylation is 1. The maximum absolute atomic E-state index is 11.4. The van der Waals surface area contributed by atoms with Crippen molar-refractivity contribution in [3.63, 3.8) is 0 Å². The summed E-state index contributed by atoms with van der Waals surface area (Å²) >= 11 is 1.51. The van der Waals surface area contributed by atoms with Crippen molar-refractivity contribution in [2.24, 2.45) is 5.92 Å². The topological polar surface area (TPSA) is 69.0 Å². The van der Waals surface area contributed by atoms with Gasteiger partial charge in [0, 0.05) is 11.4 Å². The number of aromatic nitrogens is 1. The van der Waals surface area contributed by atoms with Crippen LogP contribution < -0.4 is 5.32 Å². The molecular weight excluding hydrogens is 272 g/mol. The second kappa shape index (κ2) is 6.82. The lowest BCUT2D eigenvalue weighted by atomic mass is 9.99. The van der Waals surface area contributed by atoms with Crippen LogP contribution in [-0.2, 0) is 11.3 Å². The van der Waals surface area contributed by atoms with Gasteiger partial charge < -0.3 is 5.32 Å². The summed E-state index contributed by atoms with van der Waals surface area (Å²) in [4.78, 5) is 19.4. The number of carbonyl (C=O) groups excluding carboxylic acids is 1. The number of piperidine rings is 1. The smallest absolute Gasteiger partial charge is 0.240 e. The van der Waals surface area contributed by atoms with Crippen LogP contribution in [0.15, 0.2) is 0 Å². The lowest BCUT2D eigenvalue weighted by Crippen LogP contribution is -2.32. The highest BCUT2D eigenvalue weighted by Gasteiger charge is 2.18. The zero-order chi connectivity index (χ0) is 14.5. The first-order valence-corrected chi connectivity index (χ1v) is 7.75. The summed E-state index contributed by atoms with van der Waals surface area (Å²) in [6.07, 6.45) is 2.38. The third-order valence-electron chi connectivity index (χ3n) is 3.62. The zero-order valence-electron chi connectivity index (χ0n) is 12.0. The number of anilines is 1. The van der Waals surface area contributed by atoms with Crippen molar-refractivity contribution >= 4 is 22.4 Å². The van der Waals surface area contributed by atoms with E-state index >= 15 is 0 Å². The highest BCUT2D eigenvalue weighted by atomic mass is 32.1. The number of carbonyl (C=O) groups is 1. The van der Waals surface area contributed by atoms with Crippen LogP contribution in [0.5, 0.6) is 0 Å². The van der Waals surface area contributed by atoms with E-state index in [2.05, 4.69) is 22.1 Å². The van der Waals surface area contributed by atoms with Gasteiger partial charge in [-0.1, -0.05) is 6.92 Å². The Balaban J connectivity index is 1.94. The maximum atomic E-state index is 11.4. The molecule has 1 aromatic heterocycles. The van der Waals surface area contributed by atoms with Gasteiger partial charge in [0.2, 0.25) is 5.91 Å². The Hall–Kier alpha value is -1.45. The van der Waals surface area contributed by atoms with Crippen LogP contribution in [0.4, 0.5) is 5.13 Å². The number of hydrogen-bond donors (Lipinski definition) is 1. The predicted molar refractivity (Wildman–Crippen MR) is 79.4 cm³/mol. The molecule has 20 heavy (non-hydrogen) atoms. The van der Waals surface area contributed by atoms with Gasteiger partial charge in [-0.2, -0.15) is 5.26 Å². The fourth-order valence-electron chi connectivity index (χ4n) is 2.29. The Labute approximate surface area is 123 Å². The summed E-state index contributed by atoms with van der Waals surface area (Å²) in [6.45, 7) is 7.45. The lowest BCUT2D eigenvalue weighted by molar-refractivity contribution is -0.115. The fraction of sp³-hybridized carbons (Fsp3) is 0.643. The quantitative estimate of drug-likeness (QED) is 0.926. The van der Waals surface area contributed by atoms with E-state index in [0.717, 1.165) is 31.2 Å². The zero-order valence-corrected chi connectivity index (χ0v) is 12.8. The third kappa shape index (κ3) is 4.02. The Kier molecular flexibility index (Phi) is 5.10. The lowest BCUT2D eigenvalue weighted by Gasteiger charge is -2.29. The van der Waals surface area contributed by atoms with Crippen LogP contribution in [0.3, 0.4) is 0 Å². The van der Waals surface area contributed by atoms with Crippen LogP contribution in [0.1, 0.15) is 36.8 Å². The molecular formula is C14H20N4OS. The maximum Gasteiger partial charge on any atom is 0.240 e. The molecule has 0 radical (unpaired) electrons.